The summed E-state index contributed by atoms with van der Waals surface area (Å²) in [7, 11) is 0. The summed E-state index contributed by atoms with van der Waals surface area (Å²) in [5.41, 5.74) is 4.34. The van der Waals surface area contributed by atoms with Crippen molar-refractivity contribution >= 4 is 12.1 Å². The maximum Gasteiger partial charge on any atom is 0.261 e. The number of nitrogens with one attached hydrogen (secondary N) is 1. The second-order valence-electron chi connectivity index (χ2n) is 4.55. The predicted octanol–water partition coefficient (Wildman–Crippen LogP) is 1.93. The van der Waals surface area contributed by atoms with E-state index in [1.807, 2.05) is 19.9 Å². The van der Waals surface area contributed by atoms with Crippen molar-refractivity contribution in [2.75, 3.05) is 0 Å². The highest BCUT2D eigenvalue weighted by Gasteiger charge is 2.06. The first kappa shape index (κ1) is 14.8. The van der Waals surface area contributed by atoms with Gasteiger partial charge in [-0.2, -0.15) is 10.2 Å². The zero-order chi connectivity index (χ0) is 15.4. The number of carbonyl (C=O) groups is 1. The van der Waals surface area contributed by atoms with Crippen molar-refractivity contribution in [1.82, 2.24) is 15.2 Å². The van der Waals surface area contributed by atoms with Crippen LogP contribution in [0.25, 0.3) is 0 Å². The molecule has 2 aromatic rings. The molecule has 110 valence electrons. The Kier molecular flexibility index (Phi) is 4.42. The third-order valence-corrected chi connectivity index (χ3v) is 2.74. The zero-order valence-electron chi connectivity index (χ0n) is 11.6. The molecule has 0 spiro atoms. The number of benzene rings is 1. The smallest absolute Gasteiger partial charge is 0.261 e. The molecule has 0 bridgehead atoms. The summed E-state index contributed by atoms with van der Waals surface area (Å²) in [5.74, 6) is -2.26. The number of amides is 1. The molecule has 0 unspecified atom stereocenters. The van der Waals surface area contributed by atoms with Gasteiger partial charge in [-0.25, -0.2) is 14.2 Å². The van der Waals surface area contributed by atoms with Crippen LogP contribution >= 0.6 is 0 Å². The molecule has 0 fully saturated rings. The zero-order valence-corrected chi connectivity index (χ0v) is 11.6. The van der Waals surface area contributed by atoms with Crippen molar-refractivity contribution in [1.29, 1.82) is 0 Å². The molecule has 0 aliphatic carbocycles. The molecular weight excluding hydrogens is 278 g/mol. The van der Waals surface area contributed by atoms with E-state index in [1.165, 1.54) is 12.3 Å². The molecule has 0 saturated heterocycles. The molecule has 1 N–H and O–H groups in total. The molecule has 0 radical (unpaired) electrons. The summed E-state index contributed by atoms with van der Waals surface area (Å²) in [6, 6.07) is 5.20. The summed E-state index contributed by atoms with van der Waals surface area (Å²) in [6.45, 7) is 3.72. The Morgan fingerprint density at radius 3 is 2.71 bits per heavy atom. The Bertz CT molecular complexity index is 694. The maximum absolute atomic E-state index is 13.0. The number of aromatic nitrogens is 2. The number of halogens is 2. The molecule has 0 atom stereocenters. The van der Waals surface area contributed by atoms with Gasteiger partial charge < -0.3 is 0 Å². The number of hydrogen-bond donors (Lipinski definition) is 1. The van der Waals surface area contributed by atoms with E-state index in [2.05, 4.69) is 15.6 Å². The van der Waals surface area contributed by atoms with Crippen LogP contribution < -0.4 is 5.43 Å². The summed E-state index contributed by atoms with van der Waals surface area (Å²) in [5, 5.41) is 7.84. The minimum absolute atomic E-state index is 0.0365. The van der Waals surface area contributed by atoms with Crippen LogP contribution in [0.3, 0.4) is 0 Å². The van der Waals surface area contributed by atoms with E-state index in [9.17, 15) is 13.6 Å². The highest BCUT2D eigenvalue weighted by Crippen LogP contribution is 2.06. The average Bonchev–Trinajstić information content (AvgIpc) is 2.72. The van der Waals surface area contributed by atoms with Crippen LogP contribution in [0.2, 0.25) is 0 Å². The lowest BCUT2D eigenvalue weighted by Crippen LogP contribution is -2.24. The first-order valence-electron chi connectivity index (χ1n) is 6.23. The van der Waals surface area contributed by atoms with E-state index in [0.29, 0.717) is 5.56 Å². The molecule has 0 aliphatic heterocycles. The van der Waals surface area contributed by atoms with E-state index in [0.717, 1.165) is 23.5 Å². The van der Waals surface area contributed by atoms with Gasteiger partial charge in [-0.3, -0.25) is 9.48 Å². The number of hydrazone groups is 1. The second kappa shape index (κ2) is 6.25. The van der Waals surface area contributed by atoms with E-state index < -0.39 is 11.6 Å². The molecule has 0 aliphatic rings. The SMILES string of the molecule is Cc1cc(C)n(CC(=O)N/N=C/c2ccc(F)c(F)c2)n1. The molecule has 1 amide bonds. The summed E-state index contributed by atoms with van der Waals surface area (Å²) in [6.07, 6.45) is 1.24. The third-order valence-electron chi connectivity index (χ3n) is 2.74. The first-order valence-corrected chi connectivity index (χ1v) is 6.23. The predicted molar refractivity (Wildman–Crippen MR) is 73.8 cm³/mol. The number of nitrogens with zero attached hydrogens (tertiary/aromatic N) is 3. The van der Waals surface area contributed by atoms with Crippen LogP contribution in [0.15, 0.2) is 29.4 Å². The molecular formula is C14H14F2N4O. The largest absolute Gasteiger partial charge is 0.271 e. The van der Waals surface area contributed by atoms with Crippen molar-refractivity contribution in [3.05, 3.63) is 52.9 Å². The van der Waals surface area contributed by atoms with Gasteiger partial charge in [0.05, 0.1) is 11.9 Å². The molecule has 2 rings (SSSR count). The maximum atomic E-state index is 13.0. The highest BCUT2D eigenvalue weighted by atomic mass is 19.2. The van der Waals surface area contributed by atoms with Crippen molar-refractivity contribution in [2.24, 2.45) is 5.10 Å². The summed E-state index contributed by atoms with van der Waals surface area (Å²) >= 11 is 0. The van der Waals surface area contributed by atoms with Gasteiger partial charge in [-0.15, -0.1) is 0 Å². The van der Waals surface area contributed by atoms with Gasteiger partial charge in [0, 0.05) is 5.69 Å². The lowest BCUT2D eigenvalue weighted by atomic mass is 10.2. The number of aryl methyl sites for hydroxylation is 2. The van der Waals surface area contributed by atoms with Gasteiger partial charge in [-0.05, 0) is 37.6 Å². The van der Waals surface area contributed by atoms with E-state index in [4.69, 9.17) is 0 Å². The Labute approximate surface area is 120 Å². The van der Waals surface area contributed by atoms with Crippen LogP contribution in [0, 0.1) is 25.5 Å². The topological polar surface area (TPSA) is 59.3 Å². The molecule has 0 saturated carbocycles. The van der Waals surface area contributed by atoms with Gasteiger partial charge in [0.2, 0.25) is 0 Å². The van der Waals surface area contributed by atoms with Gasteiger partial charge in [0.1, 0.15) is 6.54 Å². The highest BCUT2D eigenvalue weighted by molar-refractivity contribution is 5.82. The molecule has 5 nitrogen and oxygen atoms in total. The second-order valence-corrected chi connectivity index (χ2v) is 4.55. The van der Waals surface area contributed by atoms with Crippen molar-refractivity contribution < 1.29 is 13.6 Å². The van der Waals surface area contributed by atoms with Crippen LogP contribution in [0.1, 0.15) is 17.0 Å². The Hall–Kier alpha value is -2.57. The van der Waals surface area contributed by atoms with Crippen LogP contribution in [0.4, 0.5) is 8.78 Å². The standard InChI is InChI=1S/C14H14F2N4O/c1-9-5-10(2)20(19-9)8-14(21)18-17-7-11-3-4-12(15)13(16)6-11/h3-7H,8H2,1-2H3,(H,18,21)/b17-7+. The lowest BCUT2D eigenvalue weighted by molar-refractivity contribution is -0.121. The van der Waals surface area contributed by atoms with Gasteiger partial charge in [0.25, 0.3) is 5.91 Å². The lowest BCUT2D eigenvalue weighted by Gasteiger charge is -2.02. The quantitative estimate of drug-likeness (QED) is 0.691. The van der Waals surface area contributed by atoms with Crippen molar-refractivity contribution in [3.8, 4) is 0 Å². The molecule has 7 heteroatoms. The van der Waals surface area contributed by atoms with Gasteiger partial charge in [-0.1, -0.05) is 6.07 Å². The van der Waals surface area contributed by atoms with Crippen LogP contribution in [-0.4, -0.2) is 21.9 Å². The van der Waals surface area contributed by atoms with Crippen LogP contribution in [-0.2, 0) is 11.3 Å². The Morgan fingerprint density at radius 2 is 2.10 bits per heavy atom. The van der Waals surface area contributed by atoms with E-state index in [-0.39, 0.29) is 12.5 Å². The minimum Gasteiger partial charge on any atom is -0.271 e. The fraction of sp³-hybridized carbons (Fsp3) is 0.214. The van der Waals surface area contributed by atoms with E-state index in [1.54, 1.807) is 4.68 Å². The third kappa shape index (κ3) is 3.95. The van der Waals surface area contributed by atoms with Gasteiger partial charge in [0.15, 0.2) is 11.6 Å². The summed E-state index contributed by atoms with van der Waals surface area (Å²) in [4.78, 5) is 11.7. The summed E-state index contributed by atoms with van der Waals surface area (Å²) < 4.78 is 27.2. The number of carbonyl (C=O) groups excluding carboxylic acids is 1. The number of rotatable bonds is 4. The minimum atomic E-state index is -0.965. The number of hydrogen-bond acceptors (Lipinski definition) is 3. The normalized spacial score (nSPS) is 11.0. The fourth-order valence-corrected chi connectivity index (χ4v) is 1.78. The molecule has 1 aromatic heterocycles. The van der Waals surface area contributed by atoms with Crippen LogP contribution in [0.5, 0.6) is 0 Å². The average molecular weight is 292 g/mol. The van der Waals surface area contributed by atoms with Gasteiger partial charge >= 0.3 is 0 Å². The van der Waals surface area contributed by atoms with Crippen molar-refractivity contribution in [3.63, 3.8) is 0 Å². The molecule has 21 heavy (non-hydrogen) atoms. The Morgan fingerprint density at radius 1 is 1.33 bits per heavy atom. The first-order chi connectivity index (χ1) is 9.95. The monoisotopic (exact) mass is 292 g/mol. The fourth-order valence-electron chi connectivity index (χ4n) is 1.78. The molecule has 1 aromatic carbocycles. The van der Waals surface area contributed by atoms with Crippen molar-refractivity contribution in [2.45, 2.75) is 20.4 Å². The van der Waals surface area contributed by atoms with E-state index >= 15 is 0 Å². The molecule has 1 heterocycles. The Balaban J connectivity index is 1.93.